The molecule has 58 valence electrons. The zero-order valence-corrected chi connectivity index (χ0v) is 5.65. The zero-order valence-electron chi connectivity index (χ0n) is 4.84. The van der Waals surface area contributed by atoms with Gasteiger partial charge in [0.2, 0.25) is 0 Å². The first-order valence-corrected chi connectivity index (χ1v) is 3.57. The summed E-state index contributed by atoms with van der Waals surface area (Å²) in [5.74, 6) is 0. The molecule has 0 atom stereocenters. The van der Waals surface area contributed by atoms with Gasteiger partial charge in [-0.05, 0) is 12.1 Å². The van der Waals surface area contributed by atoms with Crippen LogP contribution in [0.25, 0.3) is 0 Å². The molecule has 6 heteroatoms. The third kappa shape index (κ3) is 15.7. The number of rotatable bonds is 0. The van der Waals surface area contributed by atoms with E-state index in [-0.39, 0.29) is 0 Å². The third-order valence-corrected chi connectivity index (χ3v) is 0.425. The molecule has 1 rings (SSSR count). The van der Waals surface area contributed by atoms with Crippen LogP contribution in [0.4, 0.5) is 0 Å². The van der Waals surface area contributed by atoms with Crippen LogP contribution in [-0.4, -0.2) is 17.5 Å². The average Bonchev–Trinajstić information content (AvgIpc) is 2.07. The minimum atomic E-state index is -4.67. The van der Waals surface area contributed by atoms with Crippen molar-refractivity contribution in [2.45, 2.75) is 0 Å². The van der Waals surface area contributed by atoms with Gasteiger partial charge >= 0.3 is 10.4 Å². The Balaban J connectivity index is 0.000000162. The molecule has 0 spiro atoms. The Morgan fingerprint density at radius 3 is 1.50 bits per heavy atom. The SMILES string of the molecule is O=S(=O)(O)O.c1ccoc1. The van der Waals surface area contributed by atoms with Crippen molar-refractivity contribution in [2.75, 3.05) is 0 Å². The molecule has 0 unspecified atom stereocenters. The largest absolute Gasteiger partial charge is 0.473 e. The van der Waals surface area contributed by atoms with Gasteiger partial charge in [0.05, 0.1) is 12.5 Å². The molecule has 0 saturated carbocycles. The van der Waals surface area contributed by atoms with Crippen molar-refractivity contribution in [1.82, 2.24) is 0 Å². The van der Waals surface area contributed by atoms with Gasteiger partial charge in [0.15, 0.2) is 0 Å². The van der Waals surface area contributed by atoms with E-state index in [9.17, 15) is 0 Å². The summed E-state index contributed by atoms with van der Waals surface area (Å²) in [7, 11) is -4.67. The van der Waals surface area contributed by atoms with E-state index in [4.69, 9.17) is 17.5 Å². The van der Waals surface area contributed by atoms with Gasteiger partial charge in [-0.15, -0.1) is 0 Å². The van der Waals surface area contributed by atoms with Crippen LogP contribution < -0.4 is 0 Å². The van der Waals surface area contributed by atoms with Gasteiger partial charge in [0.25, 0.3) is 0 Å². The van der Waals surface area contributed by atoms with Crippen molar-refractivity contribution in [2.24, 2.45) is 0 Å². The van der Waals surface area contributed by atoms with Crippen LogP contribution in [0.3, 0.4) is 0 Å². The lowest BCUT2D eigenvalue weighted by Gasteiger charge is -1.68. The first-order chi connectivity index (χ1) is 4.50. The van der Waals surface area contributed by atoms with Crippen molar-refractivity contribution < 1.29 is 21.9 Å². The molecule has 1 aromatic heterocycles. The van der Waals surface area contributed by atoms with Gasteiger partial charge in [0.1, 0.15) is 0 Å². The van der Waals surface area contributed by atoms with Crippen molar-refractivity contribution in [3.8, 4) is 0 Å². The molecule has 0 fully saturated rings. The van der Waals surface area contributed by atoms with Gasteiger partial charge < -0.3 is 4.42 Å². The lowest BCUT2D eigenvalue weighted by Crippen LogP contribution is -1.89. The fourth-order valence-electron chi connectivity index (χ4n) is 0.227. The Hall–Kier alpha value is -0.850. The predicted octanol–water partition coefficient (Wildman–Crippen LogP) is 0.627. The Kier molecular flexibility index (Phi) is 3.70. The summed E-state index contributed by atoms with van der Waals surface area (Å²) in [6.07, 6.45) is 3.25. The Morgan fingerprint density at radius 1 is 1.10 bits per heavy atom. The molecule has 2 N–H and O–H groups in total. The van der Waals surface area contributed by atoms with Crippen LogP contribution in [-0.2, 0) is 10.4 Å². The molecule has 0 aromatic carbocycles. The summed E-state index contributed by atoms with van der Waals surface area (Å²) in [5.41, 5.74) is 0. The summed E-state index contributed by atoms with van der Waals surface area (Å²) in [5, 5.41) is 0. The molecule has 1 heterocycles. The number of hydrogen-bond donors (Lipinski definition) is 2. The molecule has 0 aliphatic heterocycles. The van der Waals surface area contributed by atoms with Crippen molar-refractivity contribution in [3.63, 3.8) is 0 Å². The summed E-state index contributed by atoms with van der Waals surface area (Å²) in [6, 6.07) is 3.67. The second-order valence-corrected chi connectivity index (χ2v) is 2.14. The smallest absolute Gasteiger partial charge is 0.394 e. The second kappa shape index (κ2) is 4.04. The Labute approximate surface area is 57.9 Å². The number of furan rings is 1. The molecular weight excluding hydrogens is 160 g/mol. The van der Waals surface area contributed by atoms with E-state index < -0.39 is 10.4 Å². The summed E-state index contributed by atoms with van der Waals surface area (Å²) in [4.78, 5) is 0. The molecule has 0 aliphatic carbocycles. The molecule has 0 amide bonds. The normalized spacial score (nSPS) is 9.80. The summed E-state index contributed by atoms with van der Waals surface area (Å²) < 4.78 is 36.2. The molecule has 0 bridgehead atoms. The predicted molar refractivity (Wildman–Crippen MR) is 32.9 cm³/mol. The van der Waals surface area contributed by atoms with Crippen molar-refractivity contribution in [1.29, 1.82) is 0 Å². The van der Waals surface area contributed by atoms with Gasteiger partial charge in [-0.1, -0.05) is 0 Å². The van der Waals surface area contributed by atoms with Crippen molar-refractivity contribution >= 4 is 10.4 Å². The van der Waals surface area contributed by atoms with Gasteiger partial charge in [-0.3, -0.25) is 9.11 Å². The fourth-order valence-corrected chi connectivity index (χ4v) is 0.227. The van der Waals surface area contributed by atoms with Gasteiger partial charge in [0, 0.05) is 0 Å². The van der Waals surface area contributed by atoms with Crippen LogP contribution in [0, 0.1) is 0 Å². The highest BCUT2D eigenvalue weighted by Crippen LogP contribution is 1.79. The maximum Gasteiger partial charge on any atom is 0.394 e. The molecule has 1 aromatic rings. The van der Waals surface area contributed by atoms with Gasteiger partial charge in [-0.25, -0.2) is 0 Å². The van der Waals surface area contributed by atoms with Crippen LogP contribution in [0.2, 0.25) is 0 Å². The quantitative estimate of drug-likeness (QED) is 0.552. The minimum Gasteiger partial charge on any atom is -0.473 e. The highest BCUT2D eigenvalue weighted by Gasteiger charge is 1.84. The maximum atomic E-state index is 8.74. The van der Waals surface area contributed by atoms with E-state index in [0.29, 0.717) is 0 Å². The van der Waals surface area contributed by atoms with Crippen LogP contribution in [0.15, 0.2) is 29.1 Å². The van der Waals surface area contributed by atoms with Crippen LogP contribution in [0.5, 0.6) is 0 Å². The molecule has 0 aliphatic rings. The molecule has 5 nitrogen and oxygen atoms in total. The number of hydrogen-bond acceptors (Lipinski definition) is 3. The fraction of sp³-hybridized carbons (Fsp3) is 0. The monoisotopic (exact) mass is 166 g/mol. The molecule has 0 radical (unpaired) electrons. The minimum absolute atomic E-state index is 1.62. The zero-order chi connectivity index (χ0) is 8.04. The Bertz CT molecular complexity index is 209. The molecular formula is C4H6O5S. The van der Waals surface area contributed by atoms with Crippen LogP contribution >= 0.6 is 0 Å². The van der Waals surface area contributed by atoms with E-state index in [1.807, 2.05) is 12.1 Å². The maximum absolute atomic E-state index is 8.74. The van der Waals surface area contributed by atoms with E-state index >= 15 is 0 Å². The van der Waals surface area contributed by atoms with E-state index in [1.165, 1.54) is 0 Å². The van der Waals surface area contributed by atoms with E-state index in [1.54, 1.807) is 12.5 Å². The highest BCUT2D eigenvalue weighted by molar-refractivity contribution is 7.79. The first-order valence-electron chi connectivity index (χ1n) is 2.17. The lowest BCUT2D eigenvalue weighted by atomic mass is 10.7. The van der Waals surface area contributed by atoms with E-state index in [0.717, 1.165) is 0 Å². The standard InChI is InChI=1S/C4H4O.H2O4S/c1-2-4-5-3-1;1-5(2,3)4/h1-4H;(H2,1,2,3,4). The third-order valence-electron chi connectivity index (χ3n) is 0.425. The van der Waals surface area contributed by atoms with E-state index in [2.05, 4.69) is 4.42 Å². The lowest BCUT2D eigenvalue weighted by molar-refractivity contribution is 0.381. The summed E-state index contributed by atoms with van der Waals surface area (Å²) >= 11 is 0. The molecule has 10 heavy (non-hydrogen) atoms. The second-order valence-electron chi connectivity index (χ2n) is 1.24. The molecule has 0 saturated heterocycles. The Morgan fingerprint density at radius 2 is 1.40 bits per heavy atom. The first kappa shape index (κ1) is 9.15. The highest BCUT2D eigenvalue weighted by atomic mass is 32.3. The topological polar surface area (TPSA) is 87.7 Å². The van der Waals surface area contributed by atoms with Crippen molar-refractivity contribution in [3.05, 3.63) is 24.7 Å². The van der Waals surface area contributed by atoms with Crippen LogP contribution in [0.1, 0.15) is 0 Å². The summed E-state index contributed by atoms with van der Waals surface area (Å²) in [6.45, 7) is 0. The average molecular weight is 166 g/mol. The van der Waals surface area contributed by atoms with Gasteiger partial charge in [-0.2, -0.15) is 8.42 Å².